The van der Waals surface area contributed by atoms with Crippen LogP contribution in [0, 0.1) is 5.92 Å². The number of aliphatic hydroxyl groups excluding tert-OH is 2. The van der Waals surface area contributed by atoms with Gasteiger partial charge < -0.3 is 19.7 Å². The molecule has 29 heavy (non-hydrogen) atoms. The number of hydrogen-bond donors (Lipinski definition) is 2. The van der Waals surface area contributed by atoms with Crippen molar-refractivity contribution in [1.82, 2.24) is 0 Å². The zero-order chi connectivity index (χ0) is 21.5. The second-order valence-corrected chi connectivity index (χ2v) is 8.45. The largest absolute Gasteiger partial charge is 0.469 e. The maximum atomic E-state index is 11.1. The Morgan fingerprint density at radius 2 is 1.90 bits per heavy atom. The van der Waals surface area contributed by atoms with Crippen molar-refractivity contribution in [2.75, 3.05) is 13.7 Å². The molecule has 1 fully saturated rings. The third-order valence-electron chi connectivity index (χ3n) is 5.60. The first-order valence-corrected chi connectivity index (χ1v) is 11.3. The summed E-state index contributed by atoms with van der Waals surface area (Å²) < 4.78 is 11.0. The summed E-state index contributed by atoms with van der Waals surface area (Å²) in [6.07, 6.45) is 16.8. The van der Waals surface area contributed by atoms with Gasteiger partial charge in [0.05, 0.1) is 31.5 Å². The molecule has 0 saturated heterocycles. The van der Waals surface area contributed by atoms with Crippen LogP contribution < -0.4 is 0 Å². The number of carbonyl (C=O) groups is 1. The SMILES string of the molecule is CCCC(O)CC(O)C=CC(C)COC1(CC=CCCCC(=O)OC)CCCC1. The van der Waals surface area contributed by atoms with Crippen LogP contribution in [0.25, 0.3) is 0 Å². The van der Waals surface area contributed by atoms with Crippen molar-refractivity contribution in [3.63, 3.8) is 0 Å². The number of allylic oxidation sites excluding steroid dienone is 1. The van der Waals surface area contributed by atoms with Crippen molar-refractivity contribution in [3.05, 3.63) is 24.3 Å². The first-order valence-electron chi connectivity index (χ1n) is 11.3. The molecule has 0 amide bonds. The predicted octanol–water partition coefficient (Wildman–Crippen LogP) is 4.71. The second-order valence-electron chi connectivity index (χ2n) is 8.45. The van der Waals surface area contributed by atoms with E-state index in [9.17, 15) is 15.0 Å². The zero-order valence-corrected chi connectivity index (χ0v) is 18.6. The number of esters is 1. The van der Waals surface area contributed by atoms with E-state index in [1.807, 2.05) is 13.0 Å². The maximum Gasteiger partial charge on any atom is 0.305 e. The first kappa shape index (κ1) is 25.9. The molecular weight excluding hydrogens is 368 g/mol. The number of ether oxygens (including phenoxy) is 2. The summed E-state index contributed by atoms with van der Waals surface area (Å²) in [5.41, 5.74) is -0.0725. The fourth-order valence-electron chi connectivity index (χ4n) is 3.80. The number of hydrogen-bond acceptors (Lipinski definition) is 5. The van der Waals surface area contributed by atoms with Gasteiger partial charge in [0, 0.05) is 12.8 Å². The Morgan fingerprint density at radius 3 is 2.55 bits per heavy atom. The van der Waals surface area contributed by atoms with E-state index in [0.717, 1.165) is 44.9 Å². The number of aliphatic hydroxyl groups is 2. The molecule has 2 N–H and O–H groups in total. The third-order valence-corrected chi connectivity index (χ3v) is 5.60. The molecule has 0 aromatic carbocycles. The third kappa shape index (κ3) is 11.6. The molecule has 0 spiro atoms. The van der Waals surface area contributed by atoms with Gasteiger partial charge in [0.2, 0.25) is 0 Å². The molecule has 5 heteroatoms. The van der Waals surface area contributed by atoms with E-state index < -0.39 is 12.2 Å². The molecule has 0 aliphatic heterocycles. The van der Waals surface area contributed by atoms with Gasteiger partial charge in [0.25, 0.3) is 0 Å². The average Bonchev–Trinajstić information content (AvgIpc) is 3.16. The van der Waals surface area contributed by atoms with Crippen molar-refractivity contribution in [2.45, 2.75) is 102 Å². The second kappa shape index (κ2) is 14.8. The highest BCUT2D eigenvalue weighted by Gasteiger charge is 2.33. The van der Waals surface area contributed by atoms with Crippen LogP contribution in [0.5, 0.6) is 0 Å². The quantitative estimate of drug-likeness (QED) is 0.232. The molecule has 1 aliphatic carbocycles. The molecule has 0 aromatic rings. The lowest BCUT2D eigenvalue weighted by molar-refractivity contribution is -0.140. The highest BCUT2D eigenvalue weighted by Crippen LogP contribution is 2.37. The van der Waals surface area contributed by atoms with E-state index in [4.69, 9.17) is 4.74 Å². The minimum absolute atomic E-state index is 0.0725. The van der Waals surface area contributed by atoms with Gasteiger partial charge in [-0.15, -0.1) is 0 Å². The smallest absolute Gasteiger partial charge is 0.305 e. The molecule has 3 unspecified atom stereocenters. The van der Waals surface area contributed by atoms with Crippen molar-refractivity contribution in [3.8, 4) is 0 Å². The van der Waals surface area contributed by atoms with Gasteiger partial charge in [0.1, 0.15) is 0 Å². The Kier molecular flexibility index (Phi) is 13.2. The summed E-state index contributed by atoms with van der Waals surface area (Å²) in [5.74, 6) is 0.0653. The summed E-state index contributed by atoms with van der Waals surface area (Å²) in [5, 5.41) is 19.8. The Bertz CT molecular complexity index is 493. The molecule has 3 atom stereocenters. The van der Waals surface area contributed by atoms with Gasteiger partial charge in [-0.25, -0.2) is 0 Å². The van der Waals surface area contributed by atoms with Crippen molar-refractivity contribution >= 4 is 5.97 Å². The first-order chi connectivity index (χ1) is 13.9. The fourth-order valence-corrected chi connectivity index (χ4v) is 3.80. The van der Waals surface area contributed by atoms with E-state index in [1.165, 1.54) is 20.0 Å². The molecule has 0 radical (unpaired) electrons. The van der Waals surface area contributed by atoms with E-state index in [0.29, 0.717) is 19.4 Å². The lowest BCUT2D eigenvalue weighted by atomic mass is 9.96. The molecule has 0 aromatic heterocycles. The van der Waals surface area contributed by atoms with E-state index in [1.54, 1.807) is 6.08 Å². The minimum Gasteiger partial charge on any atom is -0.469 e. The van der Waals surface area contributed by atoms with Gasteiger partial charge in [-0.1, -0.05) is 57.4 Å². The normalized spacial score (nSPS) is 19.6. The van der Waals surface area contributed by atoms with Gasteiger partial charge in [0.15, 0.2) is 0 Å². The highest BCUT2D eigenvalue weighted by molar-refractivity contribution is 5.69. The predicted molar refractivity (Wildman–Crippen MR) is 117 cm³/mol. The molecule has 1 rings (SSSR count). The van der Waals surface area contributed by atoms with Crippen LogP contribution in [0.15, 0.2) is 24.3 Å². The van der Waals surface area contributed by atoms with Gasteiger partial charge >= 0.3 is 5.97 Å². The number of unbranched alkanes of at least 4 members (excludes halogenated alkanes) is 1. The van der Waals surface area contributed by atoms with Crippen molar-refractivity contribution in [1.29, 1.82) is 0 Å². The summed E-state index contributed by atoms with van der Waals surface area (Å²) >= 11 is 0. The summed E-state index contributed by atoms with van der Waals surface area (Å²) in [7, 11) is 1.42. The fraction of sp³-hybridized carbons (Fsp3) is 0.792. The van der Waals surface area contributed by atoms with Crippen LogP contribution >= 0.6 is 0 Å². The average molecular weight is 411 g/mol. The van der Waals surface area contributed by atoms with Crippen molar-refractivity contribution < 1.29 is 24.5 Å². The monoisotopic (exact) mass is 410 g/mol. The highest BCUT2D eigenvalue weighted by atomic mass is 16.5. The van der Waals surface area contributed by atoms with Gasteiger partial charge in [-0.3, -0.25) is 4.79 Å². The lowest BCUT2D eigenvalue weighted by Gasteiger charge is -2.29. The van der Waals surface area contributed by atoms with Gasteiger partial charge in [-0.2, -0.15) is 0 Å². The van der Waals surface area contributed by atoms with Crippen molar-refractivity contribution in [2.24, 2.45) is 5.92 Å². The Morgan fingerprint density at radius 1 is 1.17 bits per heavy atom. The molecule has 1 saturated carbocycles. The molecule has 0 bridgehead atoms. The number of methoxy groups -OCH3 is 1. The van der Waals surface area contributed by atoms with Crippen LogP contribution in [-0.2, 0) is 14.3 Å². The summed E-state index contributed by atoms with van der Waals surface area (Å²) in [6, 6.07) is 0. The maximum absolute atomic E-state index is 11.1. The Labute approximate surface area is 177 Å². The lowest BCUT2D eigenvalue weighted by Crippen LogP contribution is -2.30. The summed E-state index contributed by atoms with van der Waals surface area (Å²) in [4.78, 5) is 11.1. The number of rotatable bonds is 15. The minimum atomic E-state index is -0.604. The van der Waals surface area contributed by atoms with Crippen LogP contribution in [0.1, 0.15) is 84.5 Å². The molecule has 5 nitrogen and oxygen atoms in total. The van der Waals surface area contributed by atoms with Crippen LogP contribution in [0.4, 0.5) is 0 Å². The molecular formula is C24H42O5. The zero-order valence-electron chi connectivity index (χ0n) is 18.6. The van der Waals surface area contributed by atoms with E-state index >= 15 is 0 Å². The number of carbonyl (C=O) groups excluding carboxylic acids is 1. The molecule has 168 valence electrons. The topological polar surface area (TPSA) is 76.0 Å². The Hall–Kier alpha value is -1.17. The standard InChI is InChI=1S/C24H42O5/c1-4-11-21(25)18-22(26)14-13-20(2)19-29-24(16-9-10-17-24)15-8-6-5-7-12-23(27)28-3/h6,8,13-14,20-22,25-26H,4-5,7,9-12,15-19H2,1-3H3. The van der Waals surface area contributed by atoms with Gasteiger partial charge in [-0.05, 0) is 44.4 Å². The van der Waals surface area contributed by atoms with E-state index in [2.05, 4.69) is 23.8 Å². The Balaban J connectivity index is 2.36. The van der Waals surface area contributed by atoms with Crippen LogP contribution in [0.3, 0.4) is 0 Å². The van der Waals surface area contributed by atoms with E-state index in [-0.39, 0.29) is 17.5 Å². The summed E-state index contributed by atoms with van der Waals surface area (Å²) in [6.45, 7) is 4.76. The van der Waals surface area contributed by atoms with Crippen LogP contribution in [0.2, 0.25) is 0 Å². The van der Waals surface area contributed by atoms with Crippen LogP contribution in [-0.4, -0.2) is 47.7 Å². The molecule has 1 aliphatic rings. The molecule has 0 heterocycles.